The van der Waals surface area contributed by atoms with Crippen LogP contribution in [0, 0.1) is 0 Å². The summed E-state index contributed by atoms with van der Waals surface area (Å²) >= 11 is 0. The van der Waals surface area contributed by atoms with Gasteiger partial charge >= 0.3 is 0 Å². The molecule has 0 amide bonds. The number of ketones is 2. The summed E-state index contributed by atoms with van der Waals surface area (Å²) in [7, 11) is 0. The number of rotatable bonds is 1. The van der Waals surface area contributed by atoms with E-state index in [1.54, 1.807) is 0 Å². The highest BCUT2D eigenvalue weighted by Crippen LogP contribution is 2.28. The lowest BCUT2D eigenvalue weighted by molar-refractivity contribution is -0.130. The third-order valence-electron chi connectivity index (χ3n) is 2.61. The zero-order valence-electron chi connectivity index (χ0n) is 9.90. The van der Waals surface area contributed by atoms with Crippen molar-refractivity contribution < 1.29 is 9.59 Å². The normalized spacial score (nSPS) is 16.6. The minimum absolute atomic E-state index is 0.0788. The smallest absolute Gasteiger partial charge is 0.140 e. The molecule has 1 aromatic carbocycles. The van der Waals surface area contributed by atoms with Gasteiger partial charge in [0.05, 0.1) is 6.42 Å². The van der Waals surface area contributed by atoms with Gasteiger partial charge < -0.3 is 0 Å². The van der Waals surface area contributed by atoms with E-state index in [9.17, 15) is 9.59 Å². The molecule has 0 aliphatic heterocycles. The Morgan fingerprint density at radius 3 is 1.94 bits per heavy atom. The summed E-state index contributed by atoms with van der Waals surface area (Å²) in [5.74, 6) is 0.273. The molecule has 16 heavy (non-hydrogen) atoms. The fourth-order valence-electron chi connectivity index (χ4n) is 1.95. The molecule has 1 aliphatic carbocycles. The van der Waals surface area contributed by atoms with Crippen molar-refractivity contribution in [2.75, 3.05) is 0 Å². The van der Waals surface area contributed by atoms with Crippen LogP contribution in [0.2, 0.25) is 0 Å². The first-order valence-corrected chi connectivity index (χ1v) is 5.84. The first-order chi connectivity index (χ1) is 7.75. The van der Waals surface area contributed by atoms with Crippen molar-refractivity contribution in [2.45, 2.75) is 39.0 Å². The quantitative estimate of drug-likeness (QED) is 0.679. The summed E-state index contributed by atoms with van der Waals surface area (Å²) in [6, 6.07) is 9.79. The van der Waals surface area contributed by atoms with E-state index < -0.39 is 0 Å². The second kappa shape index (κ2) is 6.21. The molecule has 0 bridgehead atoms. The molecular weight excluding hydrogens is 200 g/mol. The Balaban J connectivity index is 0.000000606. The minimum Gasteiger partial charge on any atom is -0.299 e. The minimum atomic E-state index is 0.0788. The number of hydrogen-bond acceptors (Lipinski definition) is 2. The topological polar surface area (TPSA) is 34.1 Å². The summed E-state index contributed by atoms with van der Waals surface area (Å²) in [5, 5.41) is 0. The van der Waals surface area contributed by atoms with Gasteiger partial charge in [-0.3, -0.25) is 9.59 Å². The van der Waals surface area contributed by atoms with Crippen LogP contribution in [0.3, 0.4) is 0 Å². The third kappa shape index (κ3) is 3.30. The van der Waals surface area contributed by atoms with Gasteiger partial charge in [-0.2, -0.15) is 0 Å². The van der Waals surface area contributed by atoms with Crippen LogP contribution in [0.5, 0.6) is 0 Å². The zero-order chi connectivity index (χ0) is 12.0. The first-order valence-electron chi connectivity index (χ1n) is 5.84. The van der Waals surface area contributed by atoms with Crippen LogP contribution in [0.1, 0.15) is 44.6 Å². The van der Waals surface area contributed by atoms with Crippen molar-refractivity contribution in [1.29, 1.82) is 0 Å². The lowest BCUT2D eigenvalue weighted by Crippen LogP contribution is -2.21. The van der Waals surface area contributed by atoms with Crippen LogP contribution in [-0.2, 0) is 9.59 Å². The Morgan fingerprint density at radius 2 is 1.44 bits per heavy atom. The van der Waals surface area contributed by atoms with Crippen molar-refractivity contribution in [1.82, 2.24) is 0 Å². The van der Waals surface area contributed by atoms with Gasteiger partial charge in [0.15, 0.2) is 0 Å². The van der Waals surface area contributed by atoms with Gasteiger partial charge in [-0.1, -0.05) is 44.2 Å². The zero-order valence-corrected chi connectivity index (χ0v) is 9.90. The van der Waals surface area contributed by atoms with E-state index in [2.05, 4.69) is 0 Å². The maximum atomic E-state index is 11.2. The summed E-state index contributed by atoms with van der Waals surface area (Å²) in [6.45, 7) is 4.00. The number of hydrogen-bond donors (Lipinski definition) is 0. The van der Waals surface area contributed by atoms with Crippen LogP contribution < -0.4 is 0 Å². The van der Waals surface area contributed by atoms with Gasteiger partial charge in [0.25, 0.3) is 0 Å². The molecule has 0 spiro atoms. The Morgan fingerprint density at radius 1 is 0.938 bits per heavy atom. The van der Waals surface area contributed by atoms with Crippen molar-refractivity contribution in [3.05, 3.63) is 35.9 Å². The molecular formula is C14H18O2. The van der Waals surface area contributed by atoms with Gasteiger partial charge in [0, 0.05) is 12.8 Å². The Hall–Kier alpha value is -1.44. The highest BCUT2D eigenvalue weighted by molar-refractivity contribution is 6.02. The second-order valence-electron chi connectivity index (χ2n) is 3.77. The van der Waals surface area contributed by atoms with Gasteiger partial charge in [-0.15, -0.1) is 0 Å². The highest BCUT2D eigenvalue weighted by Gasteiger charge is 2.26. The van der Waals surface area contributed by atoms with Gasteiger partial charge in [-0.25, -0.2) is 0 Å². The average Bonchev–Trinajstić information content (AvgIpc) is 2.32. The molecule has 0 unspecified atom stereocenters. The van der Waals surface area contributed by atoms with Gasteiger partial charge in [0.2, 0.25) is 0 Å². The molecule has 0 aromatic heterocycles. The van der Waals surface area contributed by atoms with E-state index >= 15 is 0 Å². The molecule has 1 aromatic rings. The Bertz CT molecular complexity index is 338. The number of Topliss-reactive ketones (excluding diaryl/α,β-unsaturated/α-hetero) is 2. The third-order valence-corrected chi connectivity index (χ3v) is 2.61. The molecule has 1 aliphatic rings. The Kier molecular flexibility index (Phi) is 4.90. The molecule has 0 saturated heterocycles. The number of benzene rings is 1. The predicted molar refractivity (Wildman–Crippen MR) is 64.4 cm³/mol. The van der Waals surface area contributed by atoms with Crippen molar-refractivity contribution in [3.8, 4) is 0 Å². The molecule has 2 nitrogen and oxygen atoms in total. The molecule has 86 valence electrons. The fourth-order valence-corrected chi connectivity index (χ4v) is 1.95. The highest BCUT2D eigenvalue weighted by atomic mass is 16.1. The first kappa shape index (κ1) is 12.6. The van der Waals surface area contributed by atoms with E-state index in [0.717, 1.165) is 5.56 Å². The van der Waals surface area contributed by atoms with E-state index in [4.69, 9.17) is 0 Å². The summed E-state index contributed by atoms with van der Waals surface area (Å²) in [6.07, 6.45) is 1.19. The molecule has 1 fully saturated rings. The summed E-state index contributed by atoms with van der Waals surface area (Å²) in [5.41, 5.74) is 1.11. The summed E-state index contributed by atoms with van der Waals surface area (Å²) < 4.78 is 0. The maximum absolute atomic E-state index is 11.2. The predicted octanol–water partition coefficient (Wildman–Crippen LogP) is 3.12. The van der Waals surface area contributed by atoms with Gasteiger partial charge in [0.1, 0.15) is 11.6 Å². The van der Waals surface area contributed by atoms with Crippen LogP contribution in [-0.4, -0.2) is 11.6 Å². The van der Waals surface area contributed by atoms with E-state index in [0.29, 0.717) is 12.8 Å². The second-order valence-corrected chi connectivity index (χ2v) is 3.77. The van der Waals surface area contributed by atoms with Crippen LogP contribution >= 0.6 is 0 Å². The monoisotopic (exact) mass is 218 g/mol. The molecule has 2 rings (SSSR count). The molecule has 2 heteroatoms. The Labute approximate surface area is 96.7 Å². The van der Waals surface area contributed by atoms with E-state index in [-0.39, 0.29) is 23.9 Å². The molecule has 0 N–H and O–H groups in total. The molecule has 0 heterocycles. The maximum Gasteiger partial charge on any atom is 0.140 e. The molecule has 0 atom stereocenters. The largest absolute Gasteiger partial charge is 0.299 e. The van der Waals surface area contributed by atoms with Crippen LogP contribution in [0.25, 0.3) is 0 Å². The van der Waals surface area contributed by atoms with Gasteiger partial charge in [-0.05, 0) is 11.5 Å². The van der Waals surface area contributed by atoms with Crippen LogP contribution in [0.15, 0.2) is 30.3 Å². The van der Waals surface area contributed by atoms with Crippen LogP contribution in [0.4, 0.5) is 0 Å². The summed E-state index contributed by atoms with van der Waals surface area (Å²) in [4.78, 5) is 22.5. The van der Waals surface area contributed by atoms with E-state index in [1.165, 1.54) is 0 Å². The lowest BCUT2D eigenvalue weighted by Gasteiger charge is -2.19. The molecule has 0 radical (unpaired) electrons. The number of carbonyl (C=O) groups is 2. The SMILES string of the molecule is CC.O=C1CC(=O)CC(c2ccccc2)C1. The van der Waals surface area contributed by atoms with Crippen molar-refractivity contribution in [2.24, 2.45) is 0 Å². The number of carbonyl (C=O) groups excluding carboxylic acids is 2. The lowest BCUT2D eigenvalue weighted by atomic mass is 9.83. The standard InChI is InChI=1S/C12H12O2.C2H6/c13-11-6-10(7-12(14)8-11)9-4-2-1-3-5-9;1-2/h1-5,10H,6-8H2;1-2H3. The fraction of sp³-hybridized carbons (Fsp3) is 0.429. The van der Waals surface area contributed by atoms with Crippen molar-refractivity contribution >= 4 is 11.6 Å². The van der Waals surface area contributed by atoms with Crippen molar-refractivity contribution in [3.63, 3.8) is 0 Å². The average molecular weight is 218 g/mol. The molecule has 1 saturated carbocycles. The van der Waals surface area contributed by atoms with E-state index in [1.807, 2.05) is 44.2 Å².